The van der Waals surface area contributed by atoms with Crippen LogP contribution in [-0.4, -0.2) is 61.9 Å². The second-order valence-corrected chi connectivity index (χ2v) is 4.92. The lowest BCUT2D eigenvalue weighted by atomic mass is 10.1. The van der Waals surface area contributed by atoms with E-state index < -0.39 is 12.1 Å². The zero-order chi connectivity index (χ0) is 16.8. The molecule has 1 N–H and O–H groups in total. The van der Waals surface area contributed by atoms with Crippen molar-refractivity contribution in [2.75, 3.05) is 33.9 Å². The number of carboxylic acid groups (broad SMARTS) is 1. The molecule has 0 saturated carbocycles. The summed E-state index contributed by atoms with van der Waals surface area (Å²) in [6.45, 7) is 0.618. The molecule has 1 atom stereocenters. The number of hydrogen-bond donors (Lipinski definition) is 1. The van der Waals surface area contributed by atoms with Crippen LogP contribution in [0.25, 0.3) is 6.08 Å². The third kappa shape index (κ3) is 4.23. The Hall–Kier alpha value is -2.54. The molecular formula is C16H19NO6. The molecule has 1 aliphatic rings. The summed E-state index contributed by atoms with van der Waals surface area (Å²) >= 11 is 0. The van der Waals surface area contributed by atoms with Crippen LogP contribution in [0.3, 0.4) is 0 Å². The van der Waals surface area contributed by atoms with Gasteiger partial charge in [0.05, 0.1) is 27.4 Å². The van der Waals surface area contributed by atoms with E-state index in [-0.39, 0.29) is 19.1 Å². The summed E-state index contributed by atoms with van der Waals surface area (Å²) in [4.78, 5) is 24.6. The van der Waals surface area contributed by atoms with E-state index in [1.165, 1.54) is 18.1 Å². The molecule has 0 bridgehead atoms. The minimum atomic E-state index is -1.07. The van der Waals surface area contributed by atoms with Crippen molar-refractivity contribution in [1.29, 1.82) is 0 Å². The average molecular weight is 321 g/mol. The predicted octanol–water partition coefficient (Wildman–Crippen LogP) is 1.03. The van der Waals surface area contributed by atoms with Crippen LogP contribution in [0.15, 0.2) is 24.3 Å². The number of ether oxygens (including phenoxy) is 3. The summed E-state index contributed by atoms with van der Waals surface area (Å²) in [5.74, 6) is -0.0951. The van der Waals surface area contributed by atoms with E-state index in [2.05, 4.69) is 0 Å². The first-order valence-corrected chi connectivity index (χ1v) is 7.08. The lowest BCUT2D eigenvalue weighted by molar-refractivity contribution is -0.158. The number of benzene rings is 1. The van der Waals surface area contributed by atoms with Gasteiger partial charge in [0, 0.05) is 24.3 Å². The Morgan fingerprint density at radius 3 is 2.78 bits per heavy atom. The average Bonchev–Trinajstić information content (AvgIpc) is 2.59. The van der Waals surface area contributed by atoms with Crippen molar-refractivity contribution in [3.05, 3.63) is 29.8 Å². The van der Waals surface area contributed by atoms with Crippen LogP contribution in [0.2, 0.25) is 0 Å². The lowest BCUT2D eigenvalue weighted by Gasteiger charge is -2.30. The Balaban J connectivity index is 2.07. The number of carbonyl (C=O) groups excluding carboxylic acids is 1. The zero-order valence-corrected chi connectivity index (χ0v) is 13.0. The summed E-state index contributed by atoms with van der Waals surface area (Å²) in [7, 11) is 3.10. The van der Waals surface area contributed by atoms with Crippen molar-refractivity contribution in [1.82, 2.24) is 4.90 Å². The van der Waals surface area contributed by atoms with Crippen LogP contribution in [0.5, 0.6) is 11.5 Å². The molecule has 0 aromatic heterocycles. The van der Waals surface area contributed by atoms with Crippen LogP contribution in [0.1, 0.15) is 5.56 Å². The van der Waals surface area contributed by atoms with Gasteiger partial charge in [0.15, 0.2) is 6.10 Å². The van der Waals surface area contributed by atoms with Gasteiger partial charge in [0.2, 0.25) is 5.91 Å². The first-order chi connectivity index (χ1) is 11.0. The van der Waals surface area contributed by atoms with E-state index >= 15 is 0 Å². The van der Waals surface area contributed by atoms with E-state index in [9.17, 15) is 9.59 Å². The maximum absolute atomic E-state index is 12.2. The SMILES string of the molecule is COc1ccc(C=CC(=O)N2CCOC(C(=O)O)C2)c(OC)c1. The fraction of sp³-hybridized carbons (Fsp3) is 0.375. The van der Waals surface area contributed by atoms with Gasteiger partial charge in [-0.15, -0.1) is 0 Å². The molecular weight excluding hydrogens is 302 g/mol. The molecule has 2 rings (SSSR count). The van der Waals surface area contributed by atoms with Gasteiger partial charge in [-0.25, -0.2) is 4.79 Å². The van der Waals surface area contributed by atoms with Gasteiger partial charge in [0.1, 0.15) is 11.5 Å². The van der Waals surface area contributed by atoms with Crippen molar-refractivity contribution in [3.8, 4) is 11.5 Å². The molecule has 1 aliphatic heterocycles. The number of nitrogens with zero attached hydrogens (tertiary/aromatic N) is 1. The van der Waals surface area contributed by atoms with E-state index in [0.29, 0.717) is 18.0 Å². The number of carbonyl (C=O) groups is 2. The van der Waals surface area contributed by atoms with Gasteiger partial charge in [-0.2, -0.15) is 0 Å². The predicted molar refractivity (Wildman–Crippen MR) is 82.5 cm³/mol. The number of hydrogen-bond acceptors (Lipinski definition) is 5. The molecule has 1 aromatic carbocycles. The molecule has 0 spiro atoms. The fourth-order valence-electron chi connectivity index (χ4n) is 2.22. The highest BCUT2D eigenvalue weighted by Crippen LogP contribution is 2.25. The minimum absolute atomic E-state index is 0.0399. The van der Waals surface area contributed by atoms with Crippen LogP contribution in [-0.2, 0) is 14.3 Å². The summed E-state index contributed by atoms with van der Waals surface area (Å²) in [5, 5.41) is 8.95. The molecule has 23 heavy (non-hydrogen) atoms. The highest BCUT2D eigenvalue weighted by Gasteiger charge is 2.27. The second-order valence-electron chi connectivity index (χ2n) is 4.92. The number of amides is 1. The van der Waals surface area contributed by atoms with E-state index in [0.717, 1.165) is 5.56 Å². The number of methoxy groups -OCH3 is 2. The van der Waals surface area contributed by atoms with Crippen molar-refractivity contribution < 1.29 is 28.9 Å². The Morgan fingerprint density at radius 1 is 1.35 bits per heavy atom. The summed E-state index contributed by atoms with van der Waals surface area (Å²) in [5.41, 5.74) is 0.727. The van der Waals surface area contributed by atoms with E-state index in [1.807, 2.05) is 0 Å². The molecule has 124 valence electrons. The van der Waals surface area contributed by atoms with Gasteiger partial charge in [-0.05, 0) is 18.2 Å². The van der Waals surface area contributed by atoms with Crippen molar-refractivity contribution in [2.24, 2.45) is 0 Å². The Bertz CT molecular complexity index is 613. The van der Waals surface area contributed by atoms with Gasteiger partial charge in [-0.1, -0.05) is 0 Å². The molecule has 0 aliphatic carbocycles. The molecule has 1 unspecified atom stereocenters. The van der Waals surface area contributed by atoms with Crippen LogP contribution in [0, 0.1) is 0 Å². The van der Waals surface area contributed by atoms with Crippen LogP contribution >= 0.6 is 0 Å². The molecule has 1 fully saturated rings. The quantitative estimate of drug-likeness (QED) is 0.815. The number of rotatable bonds is 5. The molecule has 7 heteroatoms. The third-order valence-electron chi connectivity index (χ3n) is 3.50. The fourth-order valence-corrected chi connectivity index (χ4v) is 2.22. The Morgan fingerprint density at radius 2 is 2.13 bits per heavy atom. The number of aliphatic carboxylic acids is 1. The molecule has 1 aromatic rings. The number of carboxylic acids is 1. The van der Waals surface area contributed by atoms with Crippen LogP contribution < -0.4 is 9.47 Å². The topological polar surface area (TPSA) is 85.3 Å². The van der Waals surface area contributed by atoms with Crippen molar-refractivity contribution in [2.45, 2.75) is 6.10 Å². The summed E-state index contributed by atoms with van der Waals surface area (Å²) < 4.78 is 15.5. The normalized spacial score (nSPS) is 18.0. The third-order valence-corrected chi connectivity index (χ3v) is 3.50. The molecule has 7 nitrogen and oxygen atoms in total. The van der Waals surface area contributed by atoms with Gasteiger partial charge in [-0.3, -0.25) is 4.79 Å². The van der Waals surface area contributed by atoms with Gasteiger partial charge >= 0.3 is 5.97 Å². The second kappa shape index (κ2) is 7.64. The van der Waals surface area contributed by atoms with E-state index in [4.69, 9.17) is 19.3 Å². The highest BCUT2D eigenvalue weighted by atomic mass is 16.5. The molecule has 1 amide bonds. The lowest BCUT2D eigenvalue weighted by Crippen LogP contribution is -2.48. The van der Waals surface area contributed by atoms with Gasteiger partial charge in [0.25, 0.3) is 0 Å². The Kier molecular flexibility index (Phi) is 5.59. The maximum atomic E-state index is 12.2. The monoisotopic (exact) mass is 321 g/mol. The summed E-state index contributed by atoms with van der Waals surface area (Å²) in [6, 6.07) is 5.27. The maximum Gasteiger partial charge on any atom is 0.334 e. The number of morpholine rings is 1. The first kappa shape index (κ1) is 16.8. The highest BCUT2D eigenvalue weighted by molar-refractivity contribution is 5.92. The van der Waals surface area contributed by atoms with Crippen molar-refractivity contribution >= 4 is 18.0 Å². The van der Waals surface area contributed by atoms with E-state index in [1.54, 1.807) is 31.4 Å². The largest absolute Gasteiger partial charge is 0.497 e. The Labute approximate surface area is 134 Å². The summed E-state index contributed by atoms with van der Waals surface area (Å²) in [6.07, 6.45) is 2.05. The van der Waals surface area contributed by atoms with Gasteiger partial charge < -0.3 is 24.2 Å². The van der Waals surface area contributed by atoms with Crippen LogP contribution in [0.4, 0.5) is 0 Å². The first-order valence-electron chi connectivity index (χ1n) is 7.08. The molecule has 1 saturated heterocycles. The molecule has 0 radical (unpaired) electrons. The minimum Gasteiger partial charge on any atom is -0.497 e. The zero-order valence-electron chi connectivity index (χ0n) is 13.0. The standard InChI is InChI=1S/C16H19NO6/c1-21-12-5-3-11(13(9-12)22-2)4-6-15(18)17-7-8-23-14(10-17)16(19)20/h3-6,9,14H,7-8,10H2,1-2H3,(H,19,20). The smallest absolute Gasteiger partial charge is 0.334 e. The van der Waals surface area contributed by atoms with Crippen molar-refractivity contribution in [3.63, 3.8) is 0 Å². The molecule has 1 heterocycles.